The van der Waals surface area contributed by atoms with Crippen molar-refractivity contribution in [3.63, 3.8) is 0 Å². The van der Waals surface area contributed by atoms with E-state index in [1.54, 1.807) is 30.3 Å². The highest BCUT2D eigenvalue weighted by atomic mass is 35.5. The fraction of sp³-hybridized carbons (Fsp3) is 0.324. The van der Waals surface area contributed by atoms with Crippen molar-refractivity contribution in [2.45, 2.75) is 64.3 Å². The number of pyridine rings is 1. The van der Waals surface area contributed by atoms with Crippen LogP contribution in [0.25, 0.3) is 10.8 Å². The minimum absolute atomic E-state index is 0.0611. The number of aromatic nitrogens is 1. The van der Waals surface area contributed by atoms with Crippen LogP contribution >= 0.6 is 11.6 Å². The highest BCUT2D eigenvalue weighted by molar-refractivity contribution is 6.30. The predicted octanol–water partition coefficient (Wildman–Crippen LogP) is 8.27. The van der Waals surface area contributed by atoms with Gasteiger partial charge < -0.3 is 15.2 Å². The Bertz CT molecular complexity index is 1550. The molecule has 2 N–H and O–H groups in total. The first-order valence-corrected chi connectivity index (χ1v) is 14.5. The summed E-state index contributed by atoms with van der Waals surface area (Å²) >= 11 is 5.97. The highest BCUT2D eigenvalue weighted by Crippen LogP contribution is 2.33. The van der Waals surface area contributed by atoms with E-state index in [2.05, 4.69) is 38.2 Å². The summed E-state index contributed by atoms with van der Waals surface area (Å²) in [6.07, 6.45) is 5.41. The second-order valence-corrected chi connectivity index (χ2v) is 12.3. The predicted molar refractivity (Wildman–Crippen MR) is 162 cm³/mol. The summed E-state index contributed by atoms with van der Waals surface area (Å²) in [6, 6.07) is 20.8. The van der Waals surface area contributed by atoms with Gasteiger partial charge in [0.15, 0.2) is 6.04 Å². The number of halogens is 1. The molecule has 1 aliphatic rings. The quantitative estimate of drug-likeness (QED) is 0.222. The Labute approximate surface area is 245 Å². The Hall–Kier alpha value is -3.90. The maximum atomic E-state index is 13.4. The summed E-state index contributed by atoms with van der Waals surface area (Å²) in [6.45, 7) is 6.54. The van der Waals surface area contributed by atoms with Gasteiger partial charge in [-0.2, -0.15) is 0 Å². The van der Waals surface area contributed by atoms with Gasteiger partial charge in [0.1, 0.15) is 17.2 Å². The van der Waals surface area contributed by atoms with Crippen LogP contribution in [0.2, 0.25) is 5.02 Å². The summed E-state index contributed by atoms with van der Waals surface area (Å²) in [4.78, 5) is 30.2. The van der Waals surface area contributed by atoms with Crippen molar-refractivity contribution < 1.29 is 19.4 Å². The Morgan fingerprint density at radius 1 is 0.976 bits per heavy atom. The number of carbonyl (C=O) groups is 2. The van der Waals surface area contributed by atoms with Gasteiger partial charge >= 0.3 is 5.97 Å². The fourth-order valence-corrected chi connectivity index (χ4v) is 5.55. The molecule has 7 heteroatoms. The molecule has 1 unspecified atom stereocenters. The normalized spacial score (nSPS) is 14.6. The van der Waals surface area contributed by atoms with Crippen molar-refractivity contribution in [1.29, 1.82) is 0 Å². The van der Waals surface area contributed by atoms with E-state index in [4.69, 9.17) is 21.3 Å². The summed E-state index contributed by atoms with van der Waals surface area (Å²) in [7, 11) is 0. The molecule has 1 fully saturated rings. The Morgan fingerprint density at radius 2 is 1.63 bits per heavy atom. The largest absolute Gasteiger partial charge is 0.479 e. The molecule has 1 saturated carbocycles. The molecule has 0 spiro atoms. The number of amides is 1. The first kappa shape index (κ1) is 28.6. The van der Waals surface area contributed by atoms with Crippen molar-refractivity contribution in [2.24, 2.45) is 5.92 Å². The van der Waals surface area contributed by atoms with Gasteiger partial charge in [-0.15, -0.1) is 0 Å². The Morgan fingerprint density at radius 3 is 2.27 bits per heavy atom. The van der Waals surface area contributed by atoms with E-state index in [0.29, 0.717) is 22.3 Å². The molecule has 0 radical (unpaired) electrons. The summed E-state index contributed by atoms with van der Waals surface area (Å²) in [5.41, 5.74) is 2.74. The first-order chi connectivity index (χ1) is 19.6. The van der Waals surface area contributed by atoms with Gasteiger partial charge in [0.2, 0.25) is 0 Å². The summed E-state index contributed by atoms with van der Waals surface area (Å²) in [5.74, 6) is 0.243. The number of nitrogens with one attached hydrogen (secondary N) is 1. The molecule has 0 saturated heterocycles. The average Bonchev–Trinajstić information content (AvgIpc) is 3.45. The highest BCUT2D eigenvalue weighted by Gasteiger charge is 2.25. The zero-order valence-corrected chi connectivity index (χ0v) is 24.4. The van der Waals surface area contributed by atoms with Gasteiger partial charge in [-0.25, -0.2) is 9.78 Å². The van der Waals surface area contributed by atoms with Gasteiger partial charge in [0.25, 0.3) is 5.91 Å². The van der Waals surface area contributed by atoms with Crippen molar-refractivity contribution in [3.8, 4) is 11.5 Å². The van der Waals surface area contributed by atoms with Crippen LogP contribution in [0.15, 0.2) is 72.8 Å². The second-order valence-electron chi connectivity index (χ2n) is 11.9. The zero-order valence-electron chi connectivity index (χ0n) is 23.6. The minimum Gasteiger partial charge on any atom is -0.479 e. The van der Waals surface area contributed by atoms with E-state index in [1.165, 1.54) is 18.4 Å². The lowest BCUT2D eigenvalue weighted by Gasteiger charge is -2.19. The molecule has 1 aromatic heterocycles. The van der Waals surface area contributed by atoms with Crippen LogP contribution in [0.1, 0.15) is 79.8 Å². The number of carboxylic acids is 1. The van der Waals surface area contributed by atoms with E-state index < -0.39 is 17.9 Å². The number of benzene rings is 3. The van der Waals surface area contributed by atoms with Gasteiger partial charge in [0.05, 0.1) is 0 Å². The number of aliphatic carboxylic acids is 1. The molecule has 1 atom stereocenters. The van der Waals surface area contributed by atoms with Crippen molar-refractivity contribution >= 4 is 34.2 Å². The molecule has 1 aliphatic carbocycles. The zero-order chi connectivity index (χ0) is 29.1. The topological polar surface area (TPSA) is 88.5 Å². The third kappa shape index (κ3) is 6.88. The Kier molecular flexibility index (Phi) is 8.32. The van der Waals surface area contributed by atoms with Crippen LogP contribution < -0.4 is 10.1 Å². The number of fused-ring (bicyclic) bond motifs is 1. The molecule has 5 rings (SSSR count). The SMILES string of the molecule is CC(C)(C)c1ccc(Oc2ccc3cc(C(=O)NC(C(=O)O)c4ccc(Cl)cc4)nc(CC4CCCC4)c3c2)cc1. The van der Waals surface area contributed by atoms with Crippen LogP contribution in [-0.2, 0) is 16.6 Å². The molecule has 1 heterocycles. The number of nitrogens with zero attached hydrogens (tertiary/aromatic N) is 1. The maximum absolute atomic E-state index is 13.4. The van der Waals surface area contributed by atoms with E-state index in [0.717, 1.165) is 41.5 Å². The first-order valence-electron chi connectivity index (χ1n) is 14.1. The van der Waals surface area contributed by atoms with Crippen molar-refractivity contribution in [2.75, 3.05) is 0 Å². The monoisotopic (exact) mass is 570 g/mol. The van der Waals surface area contributed by atoms with Crippen molar-refractivity contribution in [3.05, 3.63) is 100 Å². The lowest BCUT2D eigenvalue weighted by Crippen LogP contribution is -2.34. The lowest BCUT2D eigenvalue weighted by molar-refractivity contribution is -0.139. The smallest absolute Gasteiger partial charge is 0.330 e. The van der Waals surface area contributed by atoms with Crippen molar-refractivity contribution in [1.82, 2.24) is 10.3 Å². The fourth-order valence-electron chi connectivity index (χ4n) is 5.43. The van der Waals surface area contributed by atoms with E-state index >= 15 is 0 Å². The molecule has 0 bridgehead atoms. The summed E-state index contributed by atoms with van der Waals surface area (Å²) < 4.78 is 6.21. The van der Waals surface area contributed by atoms with Gasteiger partial charge in [-0.3, -0.25) is 4.79 Å². The van der Waals surface area contributed by atoms with E-state index in [9.17, 15) is 14.7 Å². The van der Waals surface area contributed by atoms with Crippen LogP contribution in [0.4, 0.5) is 0 Å². The number of hydrogen-bond acceptors (Lipinski definition) is 4. The average molecular weight is 571 g/mol. The number of hydrogen-bond donors (Lipinski definition) is 2. The molecule has 0 aliphatic heterocycles. The third-order valence-corrected chi connectivity index (χ3v) is 8.01. The Balaban J connectivity index is 1.45. The number of carboxylic acid groups (broad SMARTS) is 1. The maximum Gasteiger partial charge on any atom is 0.330 e. The van der Waals surface area contributed by atoms with Crippen LogP contribution in [0.3, 0.4) is 0 Å². The van der Waals surface area contributed by atoms with Crippen LogP contribution in [0, 0.1) is 5.92 Å². The third-order valence-electron chi connectivity index (χ3n) is 7.75. The molecule has 1 amide bonds. The molecule has 4 aromatic rings. The molecular weight excluding hydrogens is 536 g/mol. The summed E-state index contributed by atoms with van der Waals surface area (Å²) in [5, 5.41) is 14.8. The molecule has 3 aromatic carbocycles. The number of rotatable bonds is 8. The van der Waals surface area contributed by atoms with E-state index in [1.807, 2.05) is 30.3 Å². The van der Waals surface area contributed by atoms with Gasteiger partial charge in [-0.1, -0.05) is 88.4 Å². The van der Waals surface area contributed by atoms with Crippen LogP contribution in [0.5, 0.6) is 11.5 Å². The van der Waals surface area contributed by atoms with Gasteiger partial charge in [-0.05, 0) is 76.7 Å². The lowest BCUT2D eigenvalue weighted by atomic mass is 9.87. The second kappa shape index (κ2) is 11.9. The molecule has 6 nitrogen and oxygen atoms in total. The molecule has 41 heavy (non-hydrogen) atoms. The van der Waals surface area contributed by atoms with E-state index in [-0.39, 0.29) is 11.1 Å². The number of ether oxygens (including phenoxy) is 1. The van der Waals surface area contributed by atoms with Crippen LogP contribution in [-0.4, -0.2) is 22.0 Å². The number of carbonyl (C=O) groups excluding carboxylic acids is 1. The van der Waals surface area contributed by atoms with Gasteiger partial charge in [0, 0.05) is 16.1 Å². The molecule has 212 valence electrons. The standard InChI is InChI=1S/C34H35ClN2O4/c1-34(2,3)24-11-16-26(17-12-24)41-27-15-10-23-19-30(36-29(28(23)20-27)18-21-6-4-5-7-21)32(38)37-31(33(39)40)22-8-13-25(35)14-9-22/h8-17,19-21,31H,4-7,18H2,1-3H3,(H,37,38)(H,39,40). The molecular formula is C34H35ClN2O4. The minimum atomic E-state index is -1.23.